The molecule has 0 radical (unpaired) electrons. The SMILES string of the molecule is CCCCCCc1ccc(N(C)c2nc(OC3CCCC3)ncc2C(F)(F)F)cc1. The smallest absolute Gasteiger partial charge is 0.421 e. The molecule has 0 unspecified atom stereocenters. The molecule has 0 amide bonds. The number of unbranched alkanes of at least 4 members (excludes halogenated alkanes) is 3. The van der Waals surface area contributed by atoms with E-state index >= 15 is 0 Å². The van der Waals surface area contributed by atoms with Gasteiger partial charge < -0.3 is 9.64 Å². The molecule has 4 nitrogen and oxygen atoms in total. The van der Waals surface area contributed by atoms with E-state index in [1.807, 2.05) is 24.3 Å². The van der Waals surface area contributed by atoms with Crippen molar-refractivity contribution in [3.63, 3.8) is 0 Å². The van der Waals surface area contributed by atoms with Crippen LogP contribution in [0.15, 0.2) is 30.5 Å². The number of hydrogen-bond donors (Lipinski definition) is 0. The van der Waals surface area contributed by atoms with E-state index in [1.165, 1.54) is 29.7 Å². The Balaban J connectivity index is 1.79. The first kappa shape index (κ1) is 22.4. The van der Waals surface area contributed by atoms with Gasteiger partial charge in [-0.3, -0.25) is 0 Å². The molecule has 0 N–H and O–H groups in total. The molecule has 0 bridgehead atoms. The van der Waals surface area contributed by atoms with Crippen molar-refractivity contribution in [1.29, 1.82) is 0 Å². The number of ether oxygens (including phenoxy) is 1. The lowest BCUT2D eigenvalue weighted by atomic mass is 10.1. The Hall–Kier alpha value is -2.31. The van der Waals surface area contributed by atoms with E-state index in [9.17, 15) is 13.2 Å². The molecule has 30 heavy (non-hydrogen) atoms. The molecule has 0 atom stereocenters. The van der Waals surface area contributed by atoms with Gasteiger partial charge in [-0.15, -0.1) is 0 Å². The number of anilines is 2. The summed E-state index contributed by atoms with van der Waals surface area (Å²) in [5.74, 6) is -0.193. The van der Waals surface area contributed by atoms with Crippen molar-refractivity contribution in [2.75, 3.05) is 11.9 Å². The van der Waals surface area contributed by atoms with E-state index in [-0.39, 0.29) is 17.9 Å². The van der Waals surface area contributed by atoms with E-state index in [0.29, 0.717) is 5.69 Å². The largest absolute Gasteiger partial charge is 0.460 e. The van der Waals surface area contributed by atoms with E-state index in [1.54, 1.807) is 7.05 Å². The molecule has 7 heteroatoms. The molecule has 1 aliphatic rings. The van der Waals surface area contributed by atoms with Gasteiger partial charge in [0.25, 0.3) is 0 Å². The summed E-state index contributed by atoms with van der Waals surface area (Å²) in [6.07, 6.45) is 5.84. The maximum absolute atomic E-state index is 13.6. The molecule has 1 saturated carbocycles. The van der Waals surface area contributed by atoms with E-state index in [2.05, 4.69) is 16.9 Å². The van der Waals surface area contributed by atoms with Crippen LogP contribution in [0.25, 0.3) is 0 Å². The van der Waals surface area contributed by atoms with Gasteiger partial charge in [-0.2, -0.15) is 18.2 Å². The average Bonchev–Trinajstić information content (AvgIpc) is 3.23. The zero-order chi connectivity index (χ0) is 21.6. The monoisotopic (exact) mass is 421 g/mol. The van der Waals surface area contributed by atoms with Crippen LogP contribution in [0.5, 0.6) is 6.01 Å². The quantitative estimate of drug-likeness (QED) is 0.422. The van der Waals surface area contributed by atoms with Crippen LogP contribution in [0.1, 0.15) is 69.4 Å². The molecule has 164 valence electrons. The van der Waals surface area contributed by atoms with Crippen LogP contribution in [0.2, 0.25) is 0 Å². The van der Waals surface area contributed by atoms with Crippen LogP contribution in [0, 0.1) is 0 Å². The Morgan fingerprint density at radius 1 is 1.07 bits per heavy atom. The fourth-order valence-electron chi connectivity index (χ4n) is 3.79. The zero-order valence-corrected chi connectivity index (χ0v) is 17.7. The van der Waals surface area contributed by atoms with Gasteiger partial charge in [0.1, 0.15) is 11.7 Å². The lowest BCUT2D eigenvalue weighted by Crippen LogP contribution is -2.20. The molecule has 2 aromatic rings. The summed E-state index contributed by atoms with van der Waals surface area (Å²) in [6.45, 7) is 2.18. The number of hydrogen-bond acceptors (Lipinski definition) is 4. The first-order valence-electron chi connectivity index (χ1n) is 10.8. The van der Waals surface area contributed by atoms with Gasteiger partial charge in [0, 0.05) is 18.9 Å². The number of alkyl halides is 3. The van der Waals surface area contributed by atoms with Crippen molar-refractivity contribution in [1.82, 2.24) is 9.97 Å². The number of nitrogens with zero attached hydrogens (tertiary/aromatic N) is 3. The third kappa shape index (κ3) is 5.86. The molecule has 0 saturated heterocycles. The minimum absolute atomic E-state index is 0.00398. The number of halogens is 3. The topological polar surface area (TPSA) is 38.2 Å². The summed E-state index contributed by atoms with van der Waals surface area (Å²) >= 11 is 0. The highest BCUT2D eigenvalue weighted by molar-refractivity contribution is 5.63. The molecule has 1 heterocycles. The Kier molecular flexibility index (Phi) is 7.56. The van der Waals surface area contributed by atoms with Gasteiger partial charge in [-0.05, 0) is 56.2 Å². The van der Waals surface area contributed by atoms with Crippen LogP contribution in [0.4, 0.5) is 24.7 Å². The van der Waals surface area contributed by atoms with E-state index in [4.69, 9.17) is 4.74 Å². The third-order valence-electron chi connectivity index (χ3n) is 5.59. The van der Waals surface area contributed by atoms with Gasteiger partial charge in [0.15, 0.2) is 5.82 Å². The van der Waals surface area contributed by atoms with E-state index in [0.717, 1.165) is 44.7 Å². The van der Waals surface area contributed by atoms with Crippen LogP contribution in [-0.4, -0.2) is 23.1 Å². The minimum atomic E-state index is -4.55. The maximum Gasteiger partial charge on any atom is 0.421 e. The predicted molar refractivity (Wildman–Crippen MR) is 112 cm³/mol. The number of aromatic nitrogens is 2. The standard InChI is InChI=1S/C23H30F3N3O/c1-3-4-5-6-9-17-12-14-18(15-13-17)29(2)21-20(23(24,25)26)16-27-22(28-21)30-19-10-7-8-11-19/h12-16,19H,3-11H2,1-2H3. The highest BCUT2D eigenvalue weighted by atomic mass is 19.4. The van der Waals surface area contributed by atoms with E-state index < -0.39 is 11.7 Å². The van der Waals surface area contributed by atoms with Crippen LogP contribution < -0.4 is 9.64 Å². The van der Waals surface area contributed by atoms with Crippen molar-refractivity contribution >= 4 is 11.5 Å². The first-order chi connectivity index (χ1) is 14.4. The van der Waals surface area contributed by atoms with Gasteiger partial charge in [0.05, 0.1) is 0 Å². The Bertz CT molecular complexity index is 802. The molecule has 1 aromatic carbocycles. The Morgan fingerprint density at radius 2 is 1.77 bits per heavy atom. The van der Waals surface area contributed by atoms with Crippen LogP contribution in [0.3, 0.4) is 0 Å². The van der Waals surface area contributed by atoms with Crippen molar-refractivity contribution in [2.24, 2.45) is 0 Å². The van der Waals surface area contributed by atoms with Gasteiger partial charge in [-0.1, -0.05) is 38.3 Å². The lowest BCUT2D eigenvalue weighted by molar-refractivity contribution is -0.137. The molecule has 3 rings (SSSR count). The Labute approximate surface area is 176 Å². The van der Waals surface area contributed by atoms with Crippen molar-refractivity contribution < 1.29 is 17.9 Å². The normalized spacial score (nSPS) is 14.8. The van der Waals surface area contributed by atoms with Crippen molar-refractivity contribution in [3.05, 3.63) is 41.6 Å². The number of aryl methyl sites for hydroxylation is 1. The van der Waals surface area contributed by atoms with Gasteiger partial charge >= 0.3 is 12.2 Å². The second kappa shape index (κ2) is 10.1. The fraction of sp³-hybridized carbons (Fsp3) is 0.565. The number of benzene rings is 1. The third-order valence-corrected chi connectivity index (χ3v) is 5.59. The molecular weight excluding hydrogens is 391 g/mol. The second-order valence-corrected chi connectivity index (χ2v) is 7.95. The summed E-state index contributed by atoms with van der Waals surface area (Å²) in [5.41, 5.74) is 0.961. The molecule has 0 spiro atoms. The molecular formula is C23H30F3N3O. The summed E-state index contributed by atoms with van der Waals surface area (Å²) in [4.78, 5) is 9.42. The van der Waals surface area contributed by atoms with Crippen molar-refractivity contribution in [2.45, 2.75) is 77.0 Å². The fourth-order valence-corrected chi connectivity index (χ4v) is 3.79. The van der Waals surface area contributed by atoms with Gasteiger partial charge in [0.2, 0.25) is 0 Å². The molecule has 0 aliphatic heterocycles. The first-order valence-corrected chi connectivity index (χ1v) is 10.8. The maximum atomic E-state index is 13.6. The molecule has 1 aliphatic carbocycles. The second-order valence-electron chi connectivity index (χ2n) is 7.95. The van der Waals surface area contributed by atoms with Gasteiger partial charge in [-0.25, -0.2) is 4.98 Å². The molecule has 1 aromatic heterocycles. The molecule has 1 fully saturated rings. The summed E-state index contributed by atoms with van der Waals surface area (Å²) < 4.78 is 46.5. The average molecular weight is 422 g/mol. The summed E-state index contributed by atoms with van der Waals surface area (Å²) in [7, 11) is 1.59. The lowest BCUT2D eigenvalue weighted by Gasteiger charge is -2.23. The van der Waals surface area contributed by atoms with Crippen molar-refractivity contribution in [3.8, 4) is 6.01 Å². The summed E-state index contributed by atoms with van der Waals surface area (Å²) in [6, 6.07) is 7.64. The summed E-state index contributed by atoms with van der Waals surface area (Å²) in [5, 5.41) is 0. The van der Waals surface area contributed by atoms with Crippen LogP contribution >= 0.6 is 0 Å². The number of rotatable bonds is 9. The zero-order valence-electron chi connectivity index (χ0n) is 17.7. The highest BCUT2D eigenvalue weighted by Gasteiger charge is 2.37. The highest BCUT2D eigenvalue weighted by Crippen LogP contribution is 2.38. The van der Waals surface area contributed by atoms with Crippen LogP contribution in [-0.2, 0) is 12.6 Å². The Morgan fingerprint density at radius 3 is 2.40 bits per heavy atom. The minimum Gasteiger partial charge on any atom is -0.460 e. The predicted octanol–water partition coefficient (Wildman–Crippen LogP) is 6.71.